The maximum Gasteiger partial charge on any atom is 0.238 e. The Balaban J connectivity index is 1.96. The molecule has 0 bridgehead atoms. The first kappa shape index (κ1) is 11.9. The lowest BCUT2D eigenvalue weighted by molar-refractivity contribution is -0.115. The zero-order chi connectivity index (χ0) is 12.3. The topological polar surface area (TPSA) is 64.9 Å². The molecule has 1 saturated carbocycles. The van der Waals surface area contributed by atoms with Crippen LogP contribution in [0, 0.1) is 11.3 Å². The molecule has 0 atom stereocenters. The lowest BCUT2D eigenvalue weighted by Gasteiger charge is -2.07. The van der Waals surface area contributed by atoms with Gasteiger partial charge in [-0.15, -0.1) is 0 Å². The molecule has 0 unspecified atom stereocenters. The Hall–Kier alpha value is -1.57. The third-order valence-electron chi connectivity index (χ3n) is 2.50. The van der Waals surface area contributed by atoms with Crippen LogP contribution >= 0.6 is 11.6 Å². The molecule has 0 aliphatic heterocycles. The quantitative estimate of drug-likeness (QED) is 0.857. The van der Waals surface area contributed by atoms with E-state index in [2.05, 4.69) is 10.6 Å². The van der Waals surface area contributed by atoms with E-state index in [4.69, 9.17) is 16.9 Å². The van der Waals surface area contributed by atoms with Gasteiger partial charge in [0.15, 0.2) is 0 Å². The number of amides is 1. The molecule has 5 heteroatoms. The highest BCUT2D eigenvalue weighted by atomic mass is 35.5. The molecule has 1 aromatic rings. The predicted molar refractivity (Wildman–Crippen MR) is 65.8 cm³/mol. The Bertz CT molecular complexity index is 477. The second-order valence-corrected chi connectivity index (χ2v) is 4.42. The molecule has 0 radical (unpaired) electrons. The van der Waals surface area contributed by atoms with Crippen LogP contribution in [-0.4, -0.2) is 18.5 Å². The normalized spacial score (nSPS) is 14.1. The van der Waals surface area contributed by atoms with Crippen LogP contribution in [0.4, 0.5) is 5.69 Å². The van der Waals surface area contributed by atoms with Crippen molar-refractivity contribution in [1.29, 1.82) is 5.26 Å². The van der Waals surface area contributed by atoms with Crippen LogP contribution in [0.1, 0.15) is 18.4 Å². The summed E-state index contributed by atoms with van der Waals surface area (Å²) in [6, 6.07) is 7.27. The fourth-order valence-electron chi connectivity index (χ4n) is 1.41. The number of carbonyl (C=O) groups is 1. The minimum Gasteiger partial charge on any atom is -0.324 e. The molecule has 1 aromatic carbocycles. The maximum absolute atomic E-state index is 11.6. The number of anilines is 1. The van der Waals surface area contributed by atoms with E-state index >= 15 is 0 Å². The number of carbonyl (C=O) groups excluding carboxylic acids is 1. The molecule has 1 aliphatic carbocycles. The van der Waals surface area contributed by atoms with Gasteiger partial charge in [-0.25, -0.2) is 0 Å². The average molecular weight is 250 g/mol. The highest BCUT2D eigenvalue weighted by Crippen LogP contribution is 2.23. The molecule has 0 spiro atoms. The Morgan fingerprint density at radius 2 is 2.29 bits per heavy atom. The first-order chi connectivity index (χ1) is 8.19. The van der Waals surface area contributed by atoms with Gasteiger partial charge in [0.25, 0.3) is 0 Å². The van der Waals surface area contributed by atoms with Gasteiger partial charge >= 0.3 is 0 Å². The van der Waals surface area contributed by atoms with Crippen LogP contribution in [-0.2, 0) is 4.79 Å². The van der Waals surface area contributed by atoms with Crippen LogP contribution in [0.15, 0.2) is 18.2 Å². The van der Waals surface area contributed by atoms with E-state index in [9.17, 15) is 4.79 Å². The summed E-state index contributed by atoms with van der Waals surface area (Å²) in [5, 5.41) is 15.0. The summed E-state index contributed by atoms with van der Waals surface area (Å²) in [6.07, 6.45) is 2.27. The summed E-state index contributed by atoms with van der Waals surface area (Å²) in [4.78, 5) is 11.6. The van der Waals surface area contributed by atoms with Gasteiger partial charge in [0.2, 0.25) is 5.91 Å². The van der Waals surface area contributed by atoms with Crippen molar-refractivity contribution >= 4 is 23.2 Å². The van der Waals surface area contributed by atoms with Crippen LogP contribution in [0.3, 0.4) is 0 Å². The summed E-state index contributed by atoms with van der Waals surface area (Å²) in [5.74, 6) is -0.145. The summed E-state index contributed by atoms with van der Waals surface area (Å²) in [5.41, 5.74) is 0.952. The standard InChI is InChI=1S/C12H12ClN3O/c13-10-4-1-8(6-14)5-11(10)16-12(17)7-15-9-2-3-9/h1,4-5,9,15H,2-3,7H2,(H,16,17). The summed E-state index contributed by atoms with van der Waals surface area (Å²) in [6.45, 7) is 0.276. The van der Waals surface area contributed by atoms with E-state index in [1.54, 1.807) is 18.2 Å². The van der Waals surface area contributed by atoms with Crippen LogP contribution in [0.5, 0.6) is 0 Å². The van der Waals surface area contributed by atoms with Crippen molar-refractivity contribution in [1.82, 2.24) is 5.32 Å². The zero-order valence-corrected chi connectivity index (χ0v) is 9.92. The largest absolute Gasteiger partial charge is 0.324 e. The van der Waals surface area contributed by atoms with E-state index in [-0.39, 0.29) is 12.5 Å². The molecule has 1 aliphatic rings. The predicted octanol–water partition coefficient (Wildman–Crippen LogP) is 1.90. The number of rotatable bonds is 4. The van der Waals surface area contributed by atoms with E-state index in [1.165, 1.54) is 0 Å². The van der Waals surface area contributed by atoms with Gasteiger partial charge in [0.05, 0.1) is 28.9 Å². The van der Waals surface area contributed by atoms with Crippen LogP contribution < -0.4 is 10.6 Å². The lowest BCUT2D eigenvalue weighted by Crippen LogP contribution is -2.29. The molecule has 2 N–H and O–H groups in total. The second-order valence-electron chi connectivity index (χ2n) is 4.01. The number of nitriles is 1. The van der Waals surface area contributed by atoms with Gasteiger partial charge in [0, 0.05) is 6.04 Å². The highest BCUT2D eigenvalue weighted by molar-refractivity contribution is 6.33. The van der Waals surface area contributed by atoms with E-state index in [0.29, 0.717) is 22.3 Å². The summed E-state index contributed by atoms with van der Waals surface area (Å²) >= 11 is 5.93. The number of hydrogen-bond donors (Lipinski definition) is 2. The second kappa shape index (κ2) is 5.17. The Morgan fingerprint density at radius 3 is 2.94 bits per heavy atom. The average Bonchev–Trinajstić information content (AvgIpc) is 3.13. The molecule has 0 saturated heterocycles. The molecular weight excluding hydrogens is 238 g/mol. The summed E-state index contributed by atoms with van der Waals surface area (Å²) < 4.78 is 0. The molecule has 0 aromatic heterocycles. The highest BCUT2D eigenvalue weighted by Gasteiger charge is 2.21. The van der Waals surface area contributed by atoms with E-state index < -0.39 is 0 Å². The number of nitrogens with one attached hydrogen (secondary N) is 2. The fraction of sp³-hybridized carbons (Fsp3) is 0.333. The third kappa shape index (κ3) is 3.45. The minimum absolute atomic E-state index is 0.145. The maximum atomic E-state index is 11.6. The lowest BCUT2D eigenvalue weighted by atomic mass is 10.2. The van der Waals surface area contributed by atoms with Crippen molar-refractivity contribution in [3.05, 3.63) is 28.8 Å². The SMILES string of the molecule is N#Cc1ccc(Cl)c(NC(=O)CNC2CC2)c1. The van der Waals surface area contributed by atoms with Crippen molar-refractivity contribution in [2.75, 3.05) is 11.9 Å². The number of benzene rings is 1. The van der Waals surface area contributed by atoms with Gasteiger partial charge in [-0.2, -0.15) is 5.26 Å². The van der Waals surface area contributed by atoms with Gasteiger partial charge < -0.3 is 10.6 Å². The van der Waals surface area contributed by atoms with Crippen molar-refractivity contribution in [2.45, 2.75) is 18.9 Å². The minimum atomic E-state index is -0.145. The number of hydrogen-bond acceptors (Lipinski definition) is 3. The summed E-state index contributed by atoms with van der Waals surface area (Å²) in [7, 11) is 0. The third-order valence-corrected chi connectivity index (χ3v) is 2.83. The molecule has 1 amide bonds. The van der Waals surface area contributed by atoms with Crippen molar-refractivity contribution < 1.29 is 4.79 Å². The molecule has 4 nitrogen and oxygen atoms in total. The number of nitrogens with zero attached hydrogens (tertiary/aromatic N) is 1. The van der Waals surface area contributed by atoms with Crippen molar-refractivity contribution in [2.24, 2.45) is 0 Å². The van der Waals surface area contributed by atoms with Gasteiger partial charge in [-0.1, -0.05) is 11.6 Å². The van der Waals surface area contributed by atoms with Gasteiger partial charge in [-0.3, -0.25) is 4.79 Å². The van der Waals surface area contributed by atoms with Crippen LogP contribution in [0.2, 0.25) is 5.02 Å². The van der Waals surface area contributed by atoms with E-state index in [1.807, 2.05) is 6.07 Å². The Morgan fingerprint density at radius 1 is 1.53 bits per heavy atom. The molecule has 88 valence electrons. The monoisotopic (exact) mass is 249 g/mol. The smallest absolute Gasteiger partial charge is 0.238 e. The van der Waals surface area contributed by atoms with Gasteiger partial charge in [0.1, 0.15) is 0 Å². The van der Waals surface area contributed by atoms with Gasteiger partial charge in [-0.05, 0) is 31.0 Å². The van der Waals surface area contributed by atoms with Crippen molar-refractivity contribution in [3.8, 4) is 6.07 Å². The van der Waals surface area contributed by atoms with E-state index in [0.717, 1.165) is 12.8 Å². The first-order valence-electron chi connectivity index (χ1n) is 5.42. The molecule has 1 fully saturated rings. The fourth-order valence-corrected chi connectivity index (χ4v) is 1.57. The first-order valence-corrected chi connectivity index (χ1v) is 5.79. The molecule has 17 heavy (non-hydrogen) atoms. The Labute approximate surface area is 105 Å². The Kier molecular flexibility index (Phi) is 3.62. The molecular formula is C12H12ClN3O. The molecule has 2 rings (SSSR count). The number of halogens is 1. The van der Waals surface area contributed by atoms with Crippen LogP contribution in [0.25, 0.3) is 0 Å². The van der Waals surface area contributed by atoms with Crippen molar-refractivity contribution in [3.63, 3.8) is 0 Å². The zero-order valence-electron chi connectivity index (χ0n) is 9.16. The molecule has 0 heterocycles.